The Balaban J connectivity index is 1.55. The van der Waals surface area contributed by atoms with Crippen LogP contribution >= 0.6 is 0 Å². The number of fused-ring (bicyclic) bond motifs is 2. The van der Waals surface area contributed by atoms with Crippen LogP contribution in [-0.2, 0) is 4.74 Å². The quantitative estimate of drug-likeness (QED) is 0.617. The maximum Gasteiger partial charge on any atom is 0.290 e. The monoisotopic (exact) mass is 450 g/mol. The molecule has 1 unspecified atom stereocenters. The summed E-state index contributed by atoms with van der Waals surface area (Å²) in [5.74, 6) is 0.0658. The van der Waals surface area contributed by atoms with Crippen LogP contribution < -0.4 is 10.2 Å². The maximum atomic E-state index is 13.5. The summed E-state index contributed by atoms with van der Waals surface area (Å²) in [7, 11) is 1.47. The van der Waals surface area contributed by atoms with Crippen molar-refractivity contribution in [1.82, 2.24) is 9.80 Å². The van der Waals surface area contributed by atoms with Gasteiger partial charge in [-0.15, -0.1) is 0 Å². The molecular weight excluding hydrogens is 424 g/mol. The number of ether oxygens (including phenoxy) is 2. The highest BCUT2D eigenvalue weighted by Crippen LogP contribution is 2.40. The van der Waals surface area contributed by atoms with Crippen molar-refractivity contribution in [3.05, 3.63) is 69.6 Å². The van der Waals surface area contributed by atoms with Gasteiger partial charge in [-0.1, -0.05) is 18.2 Å². The fraction of sp³-hybridized carbons (Fsp3) is 0.360. The molecule has 0 aliphatic carbocycles. The first kappa shape index (κ1) is 21.5. The number of hydrogen-bond donors (Lipinski definition) is 1. The minimum atomic E-state index is -0.618. The Labute approximate surface area is 190 Å². The molecule has 172 valence electrons. The summed E-state index contributed by atoms with van der Waals surface area (Å²) >= 11 is 0. The van der Waals surface area contributed by atoms with Gasteiger partial charge in [0.25, 0.3) is 5.91 Å². The third-order valence-corrected chi connectivity index (χ3v) is 6.37. The first-order valence-corrected chi connectivity index (χ1v) is 11.1. The van der Waals surface area contributed by atoms with Crippen LogP contribution in [0.1, 0.15) is 34.1 Å². The van der Waals surface area contributed by atoms with E-state index in [0.717, 1.165) is 39.3 Å². The third-order valence-electron chi connectivity index (χ3n) is 6.37. The van der Waals surface area contributed by atoms with E-state index in [1.807, 2.05) is 0 Å². The zero-order valence-corrected chi connectivity index (χ0v) is 18.5. The Kier molecular flexibility index (Phi) is 5.78. The van der Waals surface area contributed by atoms with Crippen LogP contribution in [0.3, 0.4) is 0 Å². The Morgan fingerprint density at radius 3 is 2.67 bits per heavy atom. The number of aromatic hydroxyl groups is 1. The molecule has 2 aliphatic rings. The van der Waals surface area contributed by atoms with Crippen LogP contribution in [-0.4, -0.2) is 67.3 Å². The van der Waals surface area contributed by atoms with E-state index in [1.165, 1.54) is 13.2 Å². The molecule has 8 heteroatoms. The molecule has 3 aromatic rings. The van der Waals surface area contributed by atoms with Crippen molar-refractivity contribution < 1.29 is 23.8 Å². The van der Waals surface area contributed by atoms with E-state index in [4.69, 9.17) is 13.9 Å². The Morgan fingerprint density at radius 2 is 1.88 bits per heavy atom. The first-order valence-electron chi connectivity index (χ1n) is 11.1. The second kappa shape index (κ2) is 8.88. The summed E-state index contributed by atoms with van der Waals surface area (Å²) in [6.07, 6.45) is 0.749. The SMILES string of the molecule is COc1cc(C2c3c(oc4ccccc4c3=O)C(=O)N2CCCN2CCOCC2)ccc1O. The van der Waals surface area contributed by atoms with Crippen molar-refractivity contribution in [3.8, 4) is 11.5 Å². The molecule has 0 radical (unpaired) electrons. The lowest BCUT2D eigenvalue weighted by Crippen LogP contribution is -2.38. The molecule has 1 saturated heterocycles. The molecule has 8 nitrogen and oxygen atoms in total. The summed E-state index contributed by atoms with van der Waals surface area (Å²) in [5.41, 5.74) is 1.20. The van der Waals surface area contributed by atoms with Gasteiger partial charge in [-0.3, -0.25) is 14.5 Å². The van der Waals surface area contributed by atoms with Crippen molar-refractivity contribution >= 4 is 16.9 Å². The van der Waals surface area contributed by atoms with E-state index >= 15 is 0 Å². The third kappa shape index (κ3) is 3.85. The van der Waals surface area contributed by atoms with Crippen LogP contribution in [0.5, 0.6) is 11.5 Å². The number of methoxy groups -OCH3 is 1. The van der Waals surface area contributed by atoms with Crippen LogP contribution in [0, 0.1) is 0 Å². The second-order valence-electron chi connectivity index (χ2n) is 8.31. The number of rotatable bonds is 6. The van der Waals surface area contributed by atoms with Crippen molar-refractivity contribution in [3.63, 3.8) is 0 Å². The van der Waals surface area contributed by atoms with Gasteiger partial charge in [0.15, 0.2) is 16.9 Å². The van der Waals surface area contributed by atoms with Crippen molar-refractivity contribution in [1.29, 1.82) is 0 Å². The van der Waals surface area contributed by atoms with Gasteiger partial charge in [-0.05, 0) is 36.2 Å². The van der Waals surface area contributed by atoms with Gasteiger partial charge in [0.2, 0.25) is 5.76 Å². The van der Waals surface area contributed by atoms with Gasteiger partial charge in [0, 0.05) is 26.2 Å². The molecule has 2 aliphatic heterocycles. The highest BCUT2D eigenvalue weighted by Gasteiger charge is 2.42. The number of benzene rings is 2. The number of morpholine rings is 1. The lowest BCUT2D eigenvalue weighted by atomic mass is 9.98. The molecule has 0 spiro atoms. The molecule has 1 amide bonds. The standard InChI is InChI=1S/C25H26N2O6/c1-31-20-15-16(7-8-18(20)28)22-21-23(29)17-5-2-3-6-19(17)33-24(21)25(30)27(22)10-4-9-26-11-13-32-14-12-26/h2-3,5-8,15,22,28H,4,9-14H2,1H3. The molecule has 1 atom stereocenters. The Bertz CT molecular complexity index is 1250. The zero-order valence-electron chi connectivity index (χ0n) is 18.5. The lowest BCUT2D eigenvalue weighted by molar-refractivity contribution is 0.0353. The molecule has 2 aromatic carbocycles. The number of amides is 1. The van der Waals surface area contributed by atoms with Crippen LogP contribution in [0.4, 0.5) is 0 Å². The molecule has 0 bridgehead atoms. The molecule has 1 aromatic heterocycles. The number of carbonyl (C=O) groups excluding carboxylic acids is 1. The highest BCUT2D eigenvalue weighted by molar-refractivity contribution is 5.99. The van der Waals surface area contributed by atoms with E-state index in [9.17, 15) is 14.7 Å². The minimum absolute atomic E-state index is 0.00443. The van der Waals surface area contributed by atoms with Gasteiger partial charge in [-0.25, -0.2) is 0 Å². The number of phenolic OH excluding ortho intramolecular Hbond substituents is 1. The maximum absolute atomic E-state index is 13.5. The van der Waals surface area contributed by atoms with Crippen LogP contribution in [0.15, 0.2) is 51.7 Å². The summed E-state index contributed by atoms with van der Waals surface area (Å²) < 4.78 is 16.7. The van der Waals surface area contributed by atoms with Gasteiger partial charge >= 0.3 is 0 Å². The van der Waals surface area contributed by atoms with Crippen LogP contribution in [0.25, 0.3) is 11.0 Å². The predicted octanol–water partition coefficient (Wildman–Crippen LogP) is 2.77. The van der Waals surface area contributed by atoms with Gasteiger partial charge in [0.1, 0.15) is 5.58 Å². The fourth-order valence-electron chi connectivity index (χ4n) is 4.70. The average Bonchev–Trinajstić information content (AvgIpc) is 3.12. The number of carbonyl (C=O) groups is 1. The van der Waals surface area contributed by atoms with Crippen molar-refractivity contribution in [2.45, 2.75) is 12.5 Å². The van der Waals surface area contributed by atoms with Crippen molar-refractivity contribution in [2.24, 2.45) is 0 Å². The van der Waals surface area contributed by atoms with E-state index in [0.29, 0.717) is 28.6 Å². The van der Waals surface area contributed by atoms with E-state index < -0.39 is 6.04 Å². The molecule has 5 rings (SSSR count). The first-order chi connectivity index (χ1) is 16.1. The number of para-hydroxylation sites is 1. The number of hydrogen-bond acceptors (Lipinski definition) is 7. The zero-order chi connectivity index (χ0) is 22.9. The summed E-state index contributed by atoms with van der Waals surface area (Å²) in [5, 5.41) is 10.5. The van der Waals surface area contributed by atoms with Gasteiger partial charge < -0.3 is 23.9 Å². The summed E-state index contributed by atoms with van der Waals surface area (Å²) in [6.45, 7) is 4.48. The Hall–Kier alpha value is -3.36. The normalized spacial score (nSPS) is 18.6. The van der Waals surface area contributed by atoms with E-state index in [1.54, 1.807) is 41.3 Å². The summed E-state index contributed by atoms with van der Waals surface area (Å²) in [6, 6.07) is 11.3. The smallest absolute Gasteiger partial charge is 0.290 e. The number of nitrogens with zero attached hydrogens (tertiary/aromatic N) is 2. The van der Waals surface area contributed by atoms with E-state index in [-0.39, 0.29) is 28.6 Å². The minimum Gasteiger partial charge on any atom is -0.504 e. The molecule has 33 heavy (non-hydrogen) atoms. The summed E-state index contributed by atoms with van der Waals surface area (Å²) in [4.78, 5) is 31.0. The van der Waals surface area contributed by atoms with Gasteiger partial charge in [-0.2, -0.15) is 0 Å². The molecule has 1 fully saturated rings. The number of phenols is 1. The van der Waals surface area contributed by atoms with Crippen LogP contribution in [0.2, 0.25) is 0 Å². The topological polar surface area (TPSA) is 92.5 Å². The predicted molar refractivity (Wildman–Crippen MR) is 122 cm³/mol. The van der Waals surface area contributed by atoms with Gasteiger partial charge in [0.05, 0.1) is 37.3 Å². The highest BCUT2D eigenvalue weighted by atomic mass is 16.5. The Morgan fingerprint density at radius 1 is 1.09 bits per heavy atom. The second-order valence-corrected chi connectivity index (χ2v) is 8.31. The van der Waals surface area contributed by atoms with Crippen molar-refractivity contribution in [2.75, 3.05) is 46.5 Å². The molecule has 1 N–H and O–H groups in total. The molecular formula is C25H26N2O6. The lowest BCUT2D eigenvalue weighted by Gasteiger charge is -2.29. The molecule has 0 saturated carbocycles. The molecule has 3 heterocycles. The average molecular weight is 450 g/mol. The fourth-order valence-corrected chi connectivity index (χ4v) is 4.70. The van der Waals surface area contributed by atoms with E-state index in [2.05, 4.69) is 4.90 Å². The largest absolute Gasteiger partial charge is 0.504 e.